The first-order chi connectivity index (χ1) is 8.06. The summed E-state index contributed by atoms with van der Waals surface area (Å²) >= 11 is 0. The molecule has 1 aliphatic heterocycles. The van der Waals surface area contributed by atoms with Gasteiger partial charge in [-0.1, -0.05) is 18.2 Å². The van der Waals surface area contributed by atoms with Crippen molar-refractivity contribution in [2.45, 2.75) is 52.4 Å². The second kappa shape index (κ2) is 5.19. The molecule has 1 saturated heterocycles. The van der Waals surface area contributed by atoms with Crippen molar-refractivity contribution in [3.05, 3.63) is 34.9 Å². The van der Waals surface area contributed by atoms with E-state index in [1.165, 1.54) is 16.7 Å². The monoisotopic (exact) mass is 233 g/mol. The molecular formula is C15H23NO. The lowest BCUT2D eigenvalue weighted by atomic mass is 10.0. The Hall–Kier alpha value is -0.860. The highest BCUT2D eigenvalue weighted by Gasteiger charge is 2.22. The van der Waals surface area contributed by atoms with E-state index in [9.17, 15) is 0 Å². The summed E-state index contributed by atoms with van der Waals surface area (Å²) < 4.78 is 6.10. The fourth-order valence-corrected chi connectivity index (χ4v) is 2.43. The number of rotatable bonds is 1. The molecule has 0 radical (unpaired) electrons. The average Bonchev–Trinajstić information content (AvgIpc) is 2.43. The van der Waals surface area contributed by atoms with Crippen LogP contribution in [0.1, 0.15) is 43.1 Å². The maximum absolute atomic E-state index is 6.10. The number of aryl methyl sites for hydroxylation is 2. The molecule has 17 heavy (non-hydrogen) atoms. The Morgan fingerprint density at radius 3 is 2.65 bits per heavy atom. The van der Waals surface area contributed by atoms with Gasteiger partial charge in [-0.15, -0.1) is 0 Å². The molecule has 1 aliphatic rings. The number of benzene rings is 1. The van der Waals surface area contributed by atoms with E-state index in [0.717, 1.165) is 13.0 Å². The minimum Gasteiger partial charge on any atom is -0.369 e. The summed E-state index contributed by atoms with van der Waals surface area (Å²) in [5.41, 5.74) is 3.98. The highest BCUT2D eigenvalue weighted by molar-refractivity contribution is 5.31. The Bertz CT molecular complexity index is 389. The second-order valence-electron chi connectivity index (χ2n) is 5.32. The van der Waals surface area contributed by atoms with Crippen LogP contribution in [0.15, 0.2) is 18.2 Å². The lowest BCUT2D eigenvalue weighted by Gasteiger charge is -2.19. The molecule has 0 bridgehead atoms. The first kappa shape index (κ1) is 12.6. The molecule has 0 saturated carbocycles. The number of hydrogen-bond acceptors (Lipinski definition) is 2. The molecule has 2 rings (SSSR count). The van der Waals surface area contributed by atoms with Crippen molar-refractivity contribution in [3.63, 3.8) is 0 Å². The Balaban J connectivity index is 2.17. The molecule has 1 aromatic rings. The lowest BCUT2D eigenvalue weighted by molar-refractivity contribution is 0.00715. The molecule has 0 aromatic heterocycles. The van der Waals surface area contributed by atoms with Gasteiger partial charge in [0.25, 0.3) is 0 Å². The van der Waals surface area contributed by atoms with Gasteiger partial charge in [0.1, 0.15) is 0 Å². The highest BCUT2D eigenvalue weighted by Crippen LogP contribution is 2.24. The minimum atomic E-state index is 0.189. The Labute approximate surface area is 104 Å². The molecule has 3 unspecified atom stereocenters. The van der Waals surface area contributed by atoms with Gasteiger partial charge in [0.15, 0.2) is 0 Å². The molecule has 1 aromatic carbocycles. The quantitative estimate of drug-likeness (QED) is 0.804. The molecule has 0 amide bonds. The summed E-state index contributed by atoms with van der Waals surface area (Å²) in [6.07, 6.45) is 1.60. The lowest BCUT2D eigenvalue weighted by Crippen LogP contribution is -2.27. The summed E-state index contributed by atoms with van der Waals surface area (Å²) in [5, 5.41) is 3.53. The zero-order valence-corrected chi connectivity index (χ0v) is 11.3. The third-order valence-corrected chi connectivity index (χ3v) is 3.64. The van der Waals surface area contributed by atoms with Gasteiger partial charge in [-0.05, 0) is 50.8 Å². The van der Waals surface area contributed by atoms with Crippen LogP contribution in [0, 0.1) is 13.8 Å². The smallest absolute Gasteiger partial charge is 0.0953 e. The molecule has 0 spiro atoms. The van der Waals surface area contributed by atoms with E-state index in [1.807, 2.05) is 0 Å². The highest BCUT2D eigenvalue weighted by atomic mass is 16.5. The number of ether oxygens (including phenoxy) is 1. The van der Waals surface area contributed by atoms with Crippen molar-refractivity contribution in [2.24, 2.45) is 0 Å². The number of hydrogen-bond donors (Lipinski definition) is 1. The van der Waals surface area contributed by atoms with Crippen LogP contribution in [0.3, 0.4) is 0 Å². The predicted molar refractivity (Wildman–Crippen MR) is 71.3 cm³/mol. The Morgan fingerprint density at radius 1 is 1.18 bits per heavy atom. The molecule has 2 nitrogen and oxygen atoms in total. The fraction of sp³-hybridized carbons (Fsp3) is 0.600. The van der Waals surface area contributed by atoms with Gasteiger partial charge in [0.2, 0.25) is 0 Å². The van der Waals surface area contributed by atoms with Crippen LogP contribution < -0.4 is 5.32 Å². The van der Waals surface area contributed by atoms with Gasteiger partial charge >= 0.3 is 0 Å². The van der Waals surface area contributed by atoms with Crippen molar-refractivity contribution in [2.75, 3.05) is 6.54 Å². The van der Waals surface area contributed by atoms with E-state index in [2.05, 4.69) is 51.2 Å². The summed E-state index contributed by atoms with van der Waals surface area (Å²) in [4.78, 5) is 0. The summed E-state index contributed by atoms with van der Waals surface area (Å²) in [5.74, 6) is 0. The van der Waals surface area contributed by atoms with Crippen molar-refractivity contribution < 1.29 is 4.74 Å². The molecule has 0 aliphatic carbocycles. The van der Waals surface area contributed by atoms with Gasteiger partial charge in [0, 0.05) is 12.6 Å². The van der Waals surface area contributed by atoms with E-state index < -0.39 is 0 Å². The zero-order valence-electron chi connectivity index (χ0n) is 11.3. The molecule has 1 heterocycles. The van der Waals surface area contributed by atoms with Crippen LogP contribution in [0.2, 0.25) is 0 Å². The van der Waals surface area contributed by atoms with Gasteiger partial charge in [-0.2, -0.15) is 0 Å². The molecule has 3 atom stereocenters. The molecule has 2 heteroatoms. The zero-order chi connectivity index (χ0) is 12.4. The van der Waals surface area contributed by atoms with Crippen molar-refractivity contribution >= 4 is 0 Å². The normalized spacial score (nSPS) is 30.0. The first-order valence-electron chi connectivity index (χ1n) is 6.52. The molecule has 1 fully saturated rings. The van der Waals surface area contributed by atoms with Crippen LogP contribution in [0.5, 0.6) is 0 Å². The standard InChI is InChI=1S/C15H23NO/c1-10-5-6-14(7-11(10)2)15-9-16-12(3)8-13(4)17-15/h5-7,12-13,15-16H,8-9H2,1-4H3. The van der Waals surface area contributed by atoms with Crippen molar-refractivity contribution in [1.29, 1.82) is 0 Å². The fourth-order valence-electron chi connectivity index (χ4n) is 2.43. The first-order valence-corrected chi connectivity index (χ1v) is 6.52. The van der Waals surface area contributed by atoms with E-state index in [1.54, 1.807) is 0 Å². The van der Waals surface area contributed by atoms with Gasteiger partial charge in [-0.25, -0.2) is 0 Å². The Morgan fingerprint density at radius 2 is 1.94 bits per heavy atom. The van der Waals surface area contributed by atoms with E-state index in [0.29, 0.717) is 12.1 Å². The molecular weight excluding hydrogens is 210 g/mol. The third kappa shape index (κ3) is 3.08. The average molecular weight is 233 g/mol. The van der Waals surface area contributed by atoms with E-state index in [-0.39, 0.29) is 6.10 Å². The van der Waals surface area contributed by atoms with Crippen LogP contribution in [0.25, 0.3) is 0 Å². The topological polar surface area (TPSA) is 21.3 Å². The maximum atomic E-state index is 6.10. The van der Waals surface area contributed by atoms with Crippen LogP contribution in [0.4, 0.5) is 0 Å². The van der Waals surface area contributed by atoms with Gasteiger partial charge < -0.3 is 10.1 Å². The summed E-state index contributed by atoms with van der Waals surface area (Å²) in [6.45, 7) is 9.61. The van der Waals surface area contributed by atoms with Crippen LogP contribution in [-0.4, -0.2) is 18.7 Å². The van der Waals surface area contributed by atoms with Crippen LogP contribution >= 0.6 is 0 Å². The van der Waals surface area contributed by atoms with Gasteiger partial charge in [0.05, 0.1) is 12.2 Å². The minimum absolute atomic E-state index is 0.189. The summed E-state index contributed by atoms with van der Waals surface area (Å²) in [7, 11) is 0. The van der Waals surface area contributed by atoms with E-state index >= 15 is 0 Å². The maximum Gasteiger partial charge on any atom is 0.0953 e. The van der Waals surface area contributed by atoms with Crippen molar-refractivity contribution in [1.82, 2.24) is 5.32 Å². The second-order valence-corrected chi connectivity index (χ2v) is 5.32. The summed E-state index contributed by atoms with van der Waals surface area (Å²) in [6, 6.07) is 7.18. The predicted octanol–water partition coefficient (Wildman–Crippen LogP) is 3.13. The molecule has 94 valence electrons. The van der Waals surface area contributed by atoms with Crippen LogP contribution in [-0.2, 0) is 4.74 Å². The largest absolute Gasteiger partial charge is 0.369 e. The number of nitrogens with one attached hydrogen (secondary N) is 1. The van der Waals surface area contributed by atoms with Gasteiger partial charge in [-0.3, -0.25) is 0 Å². The molecule has 1 N–H and O–H groups in total. The van der Waals surface area contributed by atoms with E-state index in [4.69, 9.17) is 4.74 Å². The Kier molecular flexibility index (Phi) is 3.85. The van der Waals surface area contributed by atoms with Crippen molar-refractivity contribution in [3.8, 4) is 0 Å². The SMILES string of the molecule is Cc1ccc(C2CNC(C)CC(C)O2)cc1C. The third-order valence-electron chi connectivity index (χ3n) is 3.64.